The first-order chi connectivity index (χ1) is 9.70. The minimum absolute atomic E-state index is 0.131. The number of nitrogens with zero attached hydrogens (tertiary/aromatic N) is 3. The number of hydrogen-bond acceptors (Lipinski definition) is 4. The first kappa shape index (κ1) is 14.2. The standard InChI is InChI=1S/C14H18N4O2/c1-2-17-10-9-16-14(17)11-15-8-7-12-3-5-13(6-4-12)18(19)20/h3-6,9-10,15H,2,7-8,11H2,1H3. The summed E-state index contributed by atoms with van der Waals surface area (Å²) in [5.74, 6) is 1.02. The maximum Gasteiger partial charge on any atom is 0.269 e. The number of imidazole rings is 1. The highest BCUT2D eigenvalue weighted by molar-refractivity contribution is 5.32. The molecule has 0 aliphatic rings. The second-order valence-electron chi connectivity index (χ2n) is 4.48. The van der Waals surface area contributed by atoms with E-state index in [-0.39, 0.29) is 10.6 Å². The molecule has 0 fully saturated rings. The number of nitrogens with one attached hydrogen (secondary N) is 1. The molecule has 2 aromatic rings. The summed E-state index contributed by atoms with van der Waals surface area (Å²) in [6.45, 7) is 4.55. The minimum atomic E-state index is -0.382. The number of rotatable bonds is 7. The Labute approximate surface area is 117 Å². The van der Waals surface area contributed by atoms with Gasteiger partial charge in [-0.3, -0.25) is 10.1 Å². The van der Waals surface area contributed by atoms with Gasteiger partial charge >= 0.3 is 0 Å². The Bertz CT molecular complexity index is 563. The summed E-state index contributed by atoms with van der Waals surface area (Å²) in [4.78, 5) is 14.5. The van der Waals surface area contributed by atoms with Crippen molar-refractivity contribution in [3.05, 3.63) is 58.2 Å². The lowest BCUT2D eigenvalue weighted by Crippen LogP contribution is -2.19. The number of aryl methyl sites for hydroxylation is 1. The largest absolute Gasteiger partial charge is 0.334 e. The number of nitro groups is 1. The van der Waals surface area contributed by atoms with Crippen LogP contribution in [0.3, 0.4) is 0 Å². The maximum atomic E-state index is 10.5. The van der Waals surface area contributed by atoms with Gasteiger partial charge in [0.05, 0.1) is 11.5 Å². The van der Waals surface area contributed by atoms with E-state index in [0.717, 1.165) is 37.4 Å². The molecule has 0 saturated heterocycles. The highest BCUT2D eigenvalue weighted by Crippen LogP contribution is 2.11. The third-order valence-electron chi connectivity index (χ3n) is 3.16. The van der Waals surface area contributed by atoms with E-state index >= 15 is 0 Å². The number of nitro benzene ring substituents is 1. The molecule has 0 bridgehead atoms. The van der Waals surface area contributed by atoms with Gasteiger partial charge in [-0.2, -0.15) is 0 Å². The quantitative estimate of drug-likeness (QED) is 0.477. The summed E-state index contributed by atoms with van der Waals surface area (Å²) in [6, 6.07) is 6.68. The molecule has 0 aliphatic heterocycles. The lowest BCUT2D eigenvalue weighted by Gasteiger charge is -2.06. The van der Waals surface area contributed by atoms with Crippen LogP contribution in [0.2, 0.25) is 0 Å². The van der Waals surface area contributed by atoms with Crippen LogP contribution < -0.4 is 5.32 Å². The van der Waals surface area contributed by atoms with E-state index < -0.39 is 0 Å². The van der Waals surface area contributed by atoms with Crippen molar-refractivity contribution < 1.29 is 4.92 Å². The Balaban J connectivity index is 1.77. The summed E-state index contributed by atoms with van der Waals surface area (Å²) < 4.78 is 2.10. The molecule has 1 N–H and O–H groups in total. The van der Waals surface area contributed by atoms with E-state index in [1.165, 1.54) is 0 Å². The van der Waals surface area contributed by atoms with Crippen LogP contribution in [0.5, 0.6) is 0 Å². The van der Waals surface area contributed by atoms with Crippen LogP contribution in [-0.4, -0.2) is 21.0 Å². The van der Waals surface area contributed by atoms with Crippen LogP contribution in [0.25, 0.3) is 0 Å². The second kappa shape index (κ2) is 6.81. The molecular formula is C14H18N4O2. The summed E-state index contributed by atoms with van der Waals surface area (Å²) in [5, 5.41) is 13.9. The van der Waals surface area contributed by atoms with Crippen LogP contribution in [-0.2, 0) is 19.5 Å². The number of non-ortho nitro benzene ring substituents is 1. The molecule has 106 valence electrons. The van der Waals surface area contributed by atoms with E-state index in [1.54, 1.807) is 30.5 Å². The number of aromatic nitrogens is 2. The molecule has 0 atom stereocenters. The molecule has 1 aromatic carbocycles. The molecule has 0 spiro atoms. The third-order valence-corrected chi connectivity index (χ3v) is 3.16. The number of hydrogen-bond donors (Lipinski definition) is 1. The van der Waals surface area contributed by atoms with E-state index in [2.05, 4.69) is 21.8 Å². The highest BCUT2D eigenvalue weighted by Gasteiger charge is 2.04. The van der Waals surface area contributed by atoms with Crippen LogP contribution in [0.4, 0.5) is 5.69 Å². The molecule has 0 amide bonds. The number of benzene rings is 1. The van der Waals surface area contributed by atoms with Crippen molar-refractivity contribution in [2.75, 3.05) is 6.54 Å². The molecule has 2 rings (SSSR count). The normalized spacial score (nSPS) is 10.7. The minimum Gasteiger partial charge on any atom is -0.334 e. The monoisotopic (exact) mass is 274 g/mol. The van der Waals surface area contributed by atoms with Gasteiger partial charge in [0.1, 0.15) is 5.82 Å². The zero-order valence-electron chi connectivity index (χ0n) is 11.5. The third kappa shape index (κ3) is 3.64. The summed E-state index contributed by atoms with van der Waals surface area (Å²) in [5.41, 5.74) is 1.22. The van der Waals surface area contributed by atoms with Gasteiger partial charge in [0.25, 0.3) is 5.69 Å². The fourth-order valence-electron chi connectivity index (χ4n) is 2.01. The van der Waals surface area contributed by atoms with Gasteiger partial charge in [-0.15, -0.1) is 0 Å². The van der Waals surface area contributed by atoms with Crippen molar-refractivity contribution >= 4 is 5.69 Å². The highest BCUT2D eigenvalue weighted by atomic mass is 16.6. The average Bonchev–Trinajstić information content (AvgIpc) is 2.91. The van der Waals surface area contributed by atoms with Crippen molar-refractivity contribution in [3.8, 4) is 0 Å². The first-order valence-electron chi connectivity index (χ1n) is 6.64. The molecule has 1 heterocycles. The predicted octanol–water partition coefficient (Wildman–Crippen LogP) is 2.14. The molecule has 1 aromatic heterocycles. The molecule has 0 saturated carbocycles. The van der Waals surface area contributed by atoms with E-state index in [1.807, 2.05) is 6.20 Å². The molecule has 0 unspecified atom stereocenters. The van der Waals surface area contributed by atoms with Gasteiger partial charge < -0.3 is 9.88 Å². The molecule has 0 radical (unpaired) electrons. The van der Waals surface area contributed by atoms with Gasteiger partial charge in [0, 0.05) is 31.1 Å². The summed E-state index contributed by atoms with van der Waals surface area (Å²) in [7, 11) is 0. The van der Waals surface area contributed by atoms with E-state index in [9.17, 15) is 10.1 Å². The van der Waals surface area contributed by atoms with Crippen LogP contribution in [0.1, 0.15) is 18.3 Å². The SMILES string of the molecule is CCn1ccnc1CNCCc1ccc([N+](=O)[O-])cc1. The van der Waals surface area contributed by atoms with Crippen molar-refractivity contribution in [2.24, 2.45) is 0 Å². The Hall–Kier alpha value is -2.21. The van der Waals surface area contributed by atoms with Crippen molar-refractivity contribution in [2.45, 2.75) is 26.4 Å². The van der Waals surface area contributed by atoms with Crippen molar-refractivity contribution in [1.82, 2.24) is 14.9 Å². The fourth-order valence-corrected chi connectivity index (χ4v) is 2.01. The predicted molar refractivity (Wildman–Crippen MR) is 76.4 cm³/mol. The Kier molecular flexibility index (Phi) is 4.84. The lowest BCUT2D eigenvalue weighted by molar-refractivity contribution is -0.384. The lowest BCUT2D eigenvalue weighted by atomic mass is 10.1. The summed E-state index contributed by atoms with van der Waals surface area (Å²) in [6.07, 6.45) is 4.61. The Morgan fingerprint density at radius 1 is 1.35 bits per heavy atom. The van der Waals surface area contributed by atoms with Gasteiger partial charge in [-0.1, -0.05) is 12.1 Å². The molecular weight excluding hydrogens is 256 g/mol. The Morgan fingerprint density at radius 3 is 2.75 bits per heavy atom. The maximum absolute atomic E-state index is 10.5. The van der Waals surface area contributed by atoms with Gasteiger partial charge in [-0.05, 0) is 25.5 Å². The van der Waals surface area contributed by atoms with E-state index in [4.69, 9.17) is 0 Å². The zero-order chi connectivity index (χ0) is 14.4. The van der Waals surface area contributed by atoms with E-state index in [0.29, 0.717) is 0 Å². The summed E-state index contributed by atoms with van der Waals surface area (Å²) >= 11 is 0. The molecule has 0 aliphatic carbocycles. The van der Waals surface area contributed by atoms with Crippen molar-refractivity contribution in [3.63, 3.8) is 0 Å². The van der Waals surface area contributed by atoms with Crippen LogP contribution in [0.15, 0.2) is 36.7 Å². The Morgan fingerprint density at radius 2 is 2.10 bits per heavy atom. The zero-order valence-corrected chi connectivity index (χ0v) is 11.5. The smallest absolute Gasteiger partial charge is 0.269 e. The molecule has 6 nitrogen and oxygen atoms in total. The van der Waals surface area contributed by atoms with Gasteiger partial charge in [-0.25, -0.2) is 4.98 Å². The first-order valence-corrected chi connectivity index (χ1v) is 6.64. The van der Waals surface area contributed by atoms with Crippen LogP contribution >= 0.6 is 0 Å². The fraction of sp³-hybridized carbons (Fsp3) is 0.357. The van der Waals surface area contributed by atoms with Crippen LogP contribution in [0, 0.1) is 10.1 Å². The van der Waals surface area contributed by atoms with Crippen molar-refractivity contribution in [1.29, 1.82) is 0 Å². The van der Waals surface area contributed by atoms with Gasteiger partial charge in [0.2, 0.25) is 0 Å². The topological polar surface area (TPSA) is 73.0 Å². The second-order valence-corrected chi connectivity index (χ2v) is 4.48. The average molecular weight is 274 g/mol. The molecule has 20 heavy (non-hydrogen) atoms. The van der Waals surface area contributed by atoms with Gasteiger partial charge in [0.15, 0.2) is 0 Å². The molecule has 6 heteroatoms.